The summed E-state index contributed by atoms with van der Waals surface area (Å²) in [5.74, 6) is 0.684. The van der Waals surface area contributed by atoms with Gasteiger partial charge in [0.05, 0.1) is 28.1 Å². The van der Waals surface area contributed by atoms with Gasteiger partial charge in [-0.25, -0.2) is 18.4 Å². The first-order valence-corrected chi connectivity index (χ1v) is 11.1. The molecule has 0 aliphatic carbocycles. The van der Waals surface area contributed by atoms with Crippen molar-refractivity contribution in [3.63, 3.8) is 0 Å². The van der Waals surface area contributed by atoms with Gasteiger partial charge in [-0.15, -0.1) is 0 Å². The quantitative estimate of drug-likeness (QED) is 0.676. The van der Waals surface area contributed by atoms with Gasteiger partial charge in [0, 0.05) is 18.1 Å². The van der Waals surface area contributed by atoms with Crippen LogP contribution in [0.25, 0.3) is 11.0 Å². The summed E-state index contributed by atoms with van der Waals surface area (Å²) in [6, 6.07) is 13.4. The van der Waals surface area contributed by atoms with Crippen LogP contribution in [0.5, 0.6) is 0 Å². The summed E-state index contributed by atoms with van der Waals surface area (Å²) in [7, 11) is -3.86. The molecule has 7 nitrogen and oxygen atoms in total. The molecule has 0 radical (unpaired) electrons. The molecule has 1 aromatic heterocycles. The van der Waals surface area contributed by atoms with Crippen LogP contribution in [-0.2, 0) is 14.8 Å². The average Bonchev–Trinajstić information content (AvgIpc) is 2.66. The van der Waals surface area contributed by atoms with Crippen LogP contribution in [0, 0.1) is 0 Å². The number of hydrogen-bond donors (Lipinski definition) is 1. The lowest BCUT2D eigenvalue weighted by Gasteiger charge is -2.36. The molecule has 0 bridgehead atoms. The van der Waals surface area contributed by atoms with Crippen LogP contribution < -0.4 is 9.62 Å². The monoisotopic (exact) mass is 432 g/mol. The van der Waals surface area contributed by atoms with E-state index < -0.39 is 10.0 Å². The van der Waals surface area contributed by atoms with Crippen LogP contribution in [0.15, 0.2) is 53.4 Å². The van der Waals surface area contributed by atoms with E-state index in [0.29, 0.717) is 35.0 Å². The first-order valence-electron chi connectivity index (χ1n) is 9.27. The predicted octanol–water partition coefficient (Wildman–Crippen LogP) is 3.70. The van der Waals surface area contributed by atoms with Crippen molar-refractivity contribution in [3.05, 3.63) is 53.6 Å². The zero-order valence-electron chi connectivity index (χ0n) is 16.0. The molecule has 152 valence electrons. The number of nitrogens with one attached hydrogen (secondary N) is 1. The molecule has 4 rings (SSSR count). The zero-order chi connectivity index (χ0) is 20.6. The number of fused-ring (bicyclic) bond motifs is 1. The van der Waals surface area contributed by atoms with Gasteiger partial charge >= 0.3 is 0 Å². The molecule has 3 aromatic rings. The number of nitrogens with zero attached hydrogens (tertiary/aromatic N) is 3. The number of rotatable bonds is 4. The van der Waals surface area contributed by atoms with Crippen molar-refractivity contribution < 1.29 is 13.2 Å². The first-order chi connectivity index (χ1) is 13.8. The van der Waals surface area contributed by atoms with Crippen molar-refractivity contribution >= 4 is 44.3 Å². The van der Waals surface area contributed by atoms with Gasteiger partial charge in [-0.05, 0) is 50.2 Å². The Hall–Kier alpha value is -2.42. The second-order valence-electron chi connectivity index (χ2n) is 7.11. The highest BCUT2D eigenvalue weighted by molar-refractivity contribution is 7.92. The molecule has 0 saturated carbocycles. The van der Waals surface area contributed by atoms with Gasteiger partial charge in [0.15, 0.2) is 11.6 Å². The minimum absolute atomic E-state index is 0.00672. The number of hydrogen-bond acceptors (Lipinski definition) is 6. The highest BCUT2D eigenvalue weighted by Crippen LogP contribution is 2.29. The Balaban J connectivity index is 1.78. The molecular weight excluding hydrogens is 412 g/mol. The van der Waals surface area contributed by atoms with Crippen molar-refractivity contribution in [2.45, 2.75) is 31.0 Å². The fourth-order valence-electron chi connectivity index (χ4n) is 3.43. The van der Waals surface area contributed by atoms with Crippen LogP contribution in [0.2, 0.25) is 5.02 Å². The Kier molecular flexibility index (Phi) is 5.33. The SMILES string of the molecule is C[C@@H]1CN(c2nc3ccccc3nc2NS(=O)(=O)c2ccc(Cl)cc2)C[C@H](C)O1. The summed E-state index contributed by atoms with van der Waals surface area (Å²) in [4.78, 5) is 11.4. The van der Waals surface area contributed by atoms with Gasteiger partial charge in [0.1, 0.15) is 0 Å². The molecule has 1 aliphatic rings. The third kappa shape index (κ3) is 4.29. The van der Waals surface area contributed by atoms with Crippen LogP contribution >= 0.6 is 11.6 Å². The summed E-state index contributed by atoms with van der Waals surface area (Å²) in [5.41, 5.74) is 1.31. The molecular formula is C20H21ClN4O3S. The molecule has 29 heavy (non-hydrogen) atoms. The Morgan fingerprint density at radius 3 is 2.21 bits per heavy atom. The third-order valence-corrected chi connectivity index (χ3v) is 6.23. The molecule has 1 aliphatic heterocycles. The van der Waals surface area contributed by atoms with E-state index in [1.807, 2.05) is 36.9 Å². The molecule has 0 amide bonds. The number of anilines is 2. The summed E-state index contributed by atoms with van der Waals surface area (Å²) < 4.78 is 34.3. The lowest BCUT2D eigenvalue weighted by molar-refractivity contribution is -0.00540. The van der Waals surface area contributed by atoms with Crippen molar-refractivity contribution in [1.29, 1.82) is 0 Å². The highest BCUT2D eigenvalue weighted by atomic mass is 35.5. The minimum atomic E-state index is -3.86. The van der Waals surface area contributed by atoms with Gasteiger partial charge in [0.25, 0.3) is 10.0 Å². The standard InChI is InChI=1S/C20H21ClN4O3S/c1-13-11-25(12-14(2)28-13)20-19(22-17-5-3-4-6-18(17)23-20)24-29(26,27)16-9-7-15(21)8-10-16/h3-10,13-14H,11-12H2,1-2H3,(H,22,24)/t13-,14+. The van der Waals surface area contributed by atoms with E-state index in [0.717, 1.165) is 0 Å². The fraction of sp³-hybridized carbons (Fsp3) is 0.300. The normalized spacial score (nSPS) is 20.0. The summed E-state index contributed by atoms with van der Waals surface area (Å²) in [5, 5.41) is 0.464. The molecule has 2 heterocycles. The summed E-state index contributed by atoms with van der Waals surface area (Å²) in [6.07, 6.45) is -0.0134. The van der Waals surface area contributed by atoms with Gasteiger partial charge in [-0.1, -0.05) is 23.7 Å². The molecule has 2 atom stereocenters. The van der Waals surface area contributed by atoms with Crippen LogP contribution in [-0.4, -0.2) is 43.7 Å². The number of ether oxygens (including phenoxy) is 1. The van der Waals surface area contributed by atoms with E-state index in [4.69, 9.17) is 21.3 Å². The van der Waals surface area contributed by atoms with E-state index in [2.05, 4.69) is 9.71 Å². The number of aromatic nitrogens is 2. The van der Waals surface area contributed by atoms with Crippen LogP contribution in [0.4, 0.5) is 11.6 Å². The Bertz CT molecular complexity index is 1130. The number of halogens is 1. The number of para-hydroxylation sites is 2. The smallest absolute Gasteiger partial charge is 0.263 e. The Morgan fingerprint density at radius 1 is 1.00 bits per heavy atom. The van der Waals surface area contributed by atoms with E-state index in [1.54, 1.807) is 6.07 Å². The van der Waals surface area contributed by atoms with Crippen molar-refractivity contribution in [1.82, 2.24) is 9.97 Å². The molecule has 1 N–H and O–H groups in total. The lowest BCUT2D eigenvalue weighted by Crippen LogP contribution is -2.46. The van der Waals surface area contributed by atoms with E-state index in [1.165, 1.54) is 24.3 Å². The Labute approximate surface area is 174 Å². The van der Waals surface area contributed by atoms with Gasteiger partial charge in [0.2, 0.25) is 0 Å². The van der Waals surface area contributed by atoms with Gasteiger partial charge in [-0.2, -0.15) is 0 Å². The second-order valence-corrected chi connectivity index (χ2v) is 9.23. The maximum absolute atomic E-state index is 12.9. The van der Waals surface area contributed by atoms with E-state index in [-0.39, 0.29) is 22.9 Å². The Morgan fingerprint density at radius 2 is 1.59 bits per heavy atom. The van der Waals surface area contributed by atoms with Crippen molar-refractivity contribution in [3.8, 4) is 0 Å². The second kappa shape index (κ2) is 7.78. The molecule has 1 fully saturated rings. The highest BCUT2D eigenvalue weighted by Gasteiger charge is 2.28. The average molecular weight is 433 g/mol. The van der Waals surface area contributed by atoms with E-state index in [9.17, 15) is 8.42 Å². The van der Waals surface area contributed by atoms with Gasteiger partial charge in [-0.3, -0.25) is 4.72 Å². The van der Waals surface area contributed by atoms with Crippen LogP contribution in [0.1, 0.15) is 13.8 Å². The molecule has 0 unspecified atom stereocenters. The summed E-state index contributed by atoms with van der Waals surface area (Å²) >= 11 is 5.89. The van der Waals surface area contributed by atoms with Crippen LogP contribution in [0.3, 0.4) is 0 Å². The summed E-state index contributed by atoms with van der Waals surface area (Å²) in [6.45, 7) is 5.14. The predicted molar refractivity (Wildman–Crippen MR) is 114 cm³/mol. The first kappa shape index (κ1) is 19.9. The molecule has 0 spiro atoms. The topological polar surface area (TPSA) is 84.4 Å². The maximum atomic E-state index is 12.9. The number of benzene rings is 2. The van der Waals surface area contributed by atoms with Crippen molar-refractivity contribution in [2.75, 3.05) is 22.7 Å². The molecule has 2 aromatic carbocycles. The molecule has 9 heteroatoms. The van der Waals surface area contributed by atoms with E-state index >= 15 is 0 Å². The zero-order valence-corrected chi connectivity index (χ0v) is 17.6. The van der Waals surface area contributed by atoms with Crippen molar-refractivity contribution in [2.24, 2.45) is 0 Å². The lowest BCUT2D eigenvalue weighted by atomic mass is 10.2. The maximum Gasteiger partial charge on any atom is 0.263 e. The number of morpholine rings is 1. The minimum Gasteiger partial charge on any atom is -0.372 e. The largest absolute Gasteiger partial charge is 0.372 e. The molecule has 1 saturated heterocycles. The fourth-order valence-corrected chi connectivity index (χ4v) is 4.56. The third-order valence-electron chi connectivity index (χ3n) is 4.63. The number of sulfonamides is 1. The van der Waals surface area contributed by atoms with Gasteiger partial charge < -0.3 is 9.64 Å².